The van der Waals surface area contributed by atoms with E-state index in [1.54, 1.807) is 0 Å². The first-order valence-corrected chi connectivity index (χ1v) is 8.48. The molecule has 20 heavy (non-hydrogen) atoms. The van der Waals surface area contributed by atoms with E-state index in [0.717, 1.165) is 6.42 Å². The molecule has 7 nitrogen and oxygen atoms in total. The first-order valence-electron chi connectivity index (χ1n) is 6.66. The van der Waals surface area contributed by atoms with Crippen LogP contribution in [0.2, 0.25) is 0 Å². The second kappa shape index (κ2) is 7.58. The van der Waals surface area contributed by atoms with E-state index in [0.29, 0.717) is 13.1 Å². The van der Waals surface area contributed by atoms with Crippen molar-refractivity contribution in [3.05, 3.63) is 0 Å². The van der Waals surface area contributed by atoms with Crippen LogP contribution in [-0.4, -0.2) is 69.5 Å². The van der Waals surface area contributed by atoms with Crippen molar-refractivity contribution >= 4 is 21.7 Å². The highest BCUT2D eigenvalue weighted by molar-refractivity contribution is 7.91. The Balaban J connectivity index is 2.59. The Morgan fingerprint density at radius 3 is 2.65 bits per heavy atom. The molecule has 0 saturated carbocycles. The van der Waals surface area contributed by atoms with Crippen LogP contribution in [0.25, 0.3) is 0 Å². The summed E-state index contributed by atoms with van der Waals surface area (Å²) >= 11 is 0. The Kier molecular flexibility index (Phi) is 6.41. The van der Waals surface area contributed by atoms with E-state index >= 15 is 0 Å². The number of hydrogen-bond acceptors (Lipinski definition) is 6. The van der Waals surface area contributed by atoms with Gasteiger partial charge < -0.3 is 15.0 Å². The molecule has 0 aliphatic carbocycles. The minimum Gasteiger partial charge on any atom is -0.468 e. The van der Waals surface area contributed by atoms with Crippen molar-refractivity contribution < 1.29 is 22.7 Å². The molecule has 0 aromatic carbocycles. The molecule has 1 N–H and O–H groups in total. The highest BCUT2D eigenvalue weighted by Crippen LogP contribution is 2.08. The Bertz CT molecular complexity index is 449. The summed E-state index contributed by atoms with van der Waals surface area (Å²) in [5, 5.41) is 3.03. The normalized spacial score (nSPS) is 21.2. The van der Waals surface area contributed by atoms with Crippen molar-refractivity contribution in [1.29, 1.82) is 0 Å². The third kappa shape index (κ3) is 5.46. The lowest BCUT2D eigenvalue weighted by molar-refractivity contribution is -0.147. The van der Waals surface area contributed by atoms with Crippen molar-refractivity contribution in [2.75, 3.05) is 38.2 Å². The summed E-state index contributed by atoms with van der Waals surface area (Å²) in [6, 6.07) is -0.377. The van der Waals surface area contributed by atoms with Crippen LogP contribution in [0.1, 0.15) is 19.8 Å². The van der Waals surface area contributed by atoms with Crippen LogP contribution in [0.5, 0.6) is 0 Å². The van der Waals surface area contributed by atoms with Crippen LogP contribution in [0.3, 0.4) is 0 Å². The number of nitrogens with zero attached hydrogens (tertiary/aromatic N) is 1. The molecule has 1 unspecified atom stereocenters. The molecule has 1 amide bonds. The third-order valence-corrected chi connectivity index (χ3v) is 4.85. The van der Waals surface area contributed by atoms with E-state index in [4.69, 9.17) is 0 Å². The summed E-state index contributed by atoms with van der Waals surface area (Å²) in [6.07, 6.45) is 0.801. The maximum absolute atomic E-state index is 12.1. The molecule has 1 aliphatic rings. The number of methoxy groups -OCH3 is 1. The van der Waals surface area contributed by atoms with E-state index < -0.39 is 15.8 Å². The molecule has 0 bridgehead atoms. The minimum atomic E-state index is -3.07. The fourth-order valence-corrected chi connectivity index (χ4v) is 3.56. The predicted molar refractivity (Wildman–Crippen MR) is 73.9 cm³/mol. The van der Waals surface area contributed by atoms with Gasteiger partial charge in [-0.25, -0.2) is 8.42 Å². The molecule has 1 aliphatic heterocycles. The van der Waals surface area contributed by atoms with Crippen LogP contribution >= 0.6 is 0 Å². The molecule has 1 heterocycles. The molecule has 0 aromatic heterocycles. The second-order valence-electron chi connectivity index (χ2n) is 4.86. The first kappa shape index (κ1) is 16.9. The van der Waals surface area contributed by atoms with E-state index in [1.165, 1.54) is 12.0 Å². The van der Waals surface area contributed by atoms with E-state index in [1.807, 2.05) is 6.92 Å². The standard InChI is InChI=1S/C12H22N2O5S/c1-3-5-14(8-12(16)19-2)11(15)7-10-9-20(17,18)6-4-13-10/h10,13H,3-9H2,1-2H3. The SMILES string of the molecule is CCCN(CC(=O)OC)C(=O)CC1CS(=O)(=O)CCN1. The smallest absolute Gasteiger partial charge is 0.325 e. The van der Waals surface area contributed by atoms with Crippen LogP contribution in [0.4, 0.5) is 0 Å². The third-order valence-electron chi connectivity index (χ3n) is 3.12. The van der Waals surface area contributed by atoms with Crippen molar-refractivity contribution in [2.45, 2.75) is 25.8 Å². The van der Waals surface area contributed by atoms with Gasteiger partial charge in [0.1, 0.15) is 6.54 Å². The number of nitrogens with one attached hydrogen (secondary N) is 1. The Labute approximate surface area is 119 Å². The number of ether oxygens (including phenoxy) is 1. The first-order chi connectivity index (χ1) is 9.38. The van der Waals surface area contributed by atoms with Gasteiger partial charge >= 0.3 is 5.97 Å². The quantitative estimate of drug-likeness (QED) is 0.644. The minimum absolute atomic E-state index is 0.0308. The summed E-state index contributed by atoms with van der Waals surface area (Å²) in [5.74, 6) is -0.627. The average Bonchev–Trinajstić information content (AvgIpc) is 2.36. The van der Waals surface area contributed by atoms with E-state index in [2.05, 4.69) is 10.1 Å². The maximum Gasteiger partial charge on any atom is 0.325 e. The number of esters is 1. The van der Waals surface area contributed by atoms with Gasteiger partial charge in [-0.15, -0.1) is 0 Å². The summed E-state index contributed by atoms with van der Waals surface area (Å²) in [6.45, 7) is 2.63. The zero-order valence-corrected chi connectivity index (χ0v) is 12.7. The van der Waals surface area contributed by atoms with Crippen LogP contribution in [-0.2, 0) is 24.2 Å². The van der Waals surface area contributed by atoms with Crippen LogP contribution in [0, 0.1) is 0 Å². The summed E-state index contributed by atoms with van der Waals surface area (Å²) in [7, 11) is -1.80. The highest BCUT2D eigenvalue weighted by atomic mass is 32.2. The molecule has 1 fully saturated rings. The summed E-state index contributed by atoms with van der Waals surface area (Å²) in [4.78, 5) is 24.8. The molecule has 0 aromatic rings. The molecule has 1 rings (SSSR count). The molecular weight excluding hydrogens is 284 g/mol. The van der Waals surface area contributed by atoms with Gasteiger partial charge in [0.25, 0.3) is 0 Å². The maximum atomic E-state index is 12.1. The topological polar surface area (TPSA) is 92.8 Å². The van der Waals surface area contributed by atoms with Crippen molar-refractivity contribution in [1.82, 2.24) is 10.2 Å². The number of carbonyl (C=O) groups excluding carboxylic acids is 2. The number of rotatable bonds is 6. The molecule has 0 spiro atoms. The Morgan fingerprint density at radius 1 is 1.40 bits per heavy atom. The van der Waals surface area contributed by atoms with Crippen LogP contribution < -0.4 is 5.32 Å². The van der Waals surface area contributed by atoms with Gasteiger partial charge in [-0.1, -0.05) is 6.92 Å². The number of sulfone groups is 1. The van der Waals surface area contributed by atoms with E-state index in [-0.39, 0.29) is 36.4 Å². The molecule has 116 valence electrons. The zero-order valence-electron chi connectivity index (χ0n) is 11.9. The Hall–Kier alpha value is -1.15. The monoisotopic (exact) mass is 306 g/mol. The zero-order chi connectivity index (χ0) is 15.2. The molecular formula is C12H22N2O5S. The molecule has 8 heteroatoms. The largest absolute Gasteiger partial charge is 0.468 e. The lowest BCUT2D eigenvalue weighted by atomic mass is 10.2. The number of amides is 1. The fraction of sp³-hybridized carbons (Fsp3) is 0.833. The van der Waals surface area contributed by atoms with Gasteiger partial charge in [-0.2, -0.15) is 0 Å². The lowest BCUT2D eigenvalue weighted by Gasteiger charge is -2.26. The predicted octanol–water partition coefficient (Wildman–Crippen LogP) is -0.825. The average molecular weight is 306 g/mol. The lowest BCUT2D eigenvalue weighted by Crippen LogP contribution is -2.48. The Morgan fingerprint density at radius 2 is 2.10 bits per heavy atom. The number of carbonyl (C=O) groups is 2. The van der Waals surface area contributed by atoms with Crippen molar-refractivity contribution in [2.24, 2.45) is 0 Å². The van der Waals surface area contributed by atoms with Gasteiger partial charge in [-0.3, -0.25) is 9.59 Å². The molecule has 0 radical (unpaired) electrons. The second-order valence-corrected chi connectivity index (χ2v) is 7.09. The highest BCUT2D eigenvalue weighted by Gasteiger charge is 2.28. The summed E-state index contributed by atoms with van der Waals surface area (Å²) < 4.78 is 27.6. The number of hydrogen-bond donors (Lipinski definition) is 1. The van der Waals surface area contributed by atoms with Gasteiger partial charge in [0.2, 0.25) is 5.91 Å². The van der Waals surface area contributed by atoms with Crippen molar-refractivity contribution in [3.8, 4) is 0 Å². The van der Waals surface area contributed by atoms with Gasteiger partial charge in [0, 0.05) is 25.6 Å². The van der Waals surface area contributed by atoms with Gasteiger partial charge in [-0.05, 0) is 6.42 Å². The van der Waals surface area contributed by atoms with Gasteiger partial charge in [0.15, 0.2) is 9.84 Å². The summed E-state index contributed by atoms with van der Waals surface area (Å²) in [5.41, 5.74) is 0. The molecule has 1 saturated heterocycles. The van der Waals surface area contributed by atoms with Crippen molar-refractivity contribution in [3.63, 3.8) is 0 Å². The molecule has 1 atom stereocenters. The van der Waals surface area contributed by atoms with Crippen LogP contribution in [0.15, 0.2) is 0 Å². The van der Waals surface area contributed by atoms with Gasteiger partial charge in [0.05, 0.1) is 18.6 Å². The fourth-order valence-electron chi connectivity index (χ4n) is 2.12. The van der Waals surface area contributed by atoms with E-state index in [9.17, 15) is 18.0 Å².